The number of hydrogen-bond donors (Lipinski definition) is 2. The minimum Gasteiger partial charge on any atom is -0.394 e. The zero-order valence-electron chi connectivity index (χ0n) is 12.6. The summed E-state index contributed by atoms with van der Waals surface area (Å²) in [6.45, 7) is 0.446. The molecule has 1 heterocycles. The molecular weight excluding hydrogens is 300 g/mol. The maximum Gasteiger partial charge on any atom is 0.270 e. The van der Waals surface area contributed by atoms with E-state index in [1.165, 1.54) is 12.1 Å². The zero-order valence-corrected chi connectivity index (χ0v) is 12.6. The smallest absolute Gasteiger partial charge is 0.270 e. The lowest BCUT2D eigenvalue weighted by atomic mass is 9.99. The molecule has 0 aliphatic heterocycles. The number of aromatic nitrogens is 2. The lowest BCUT2D eigenvalue weighted by molar-refractivity contribution is -0.384. The highest BCUT2D eigenvalue weighted by molar-refractivity contribution is 5.58. The average molecular weight is 318 g/mol. The summed E-state index contributed by atoms with van der Waals surface area (Å²) in [7, 11) is 0. The van der Waals surface area contributed by atoms with Gasteiger partial charge in [-0.2, -0.15) is 4.98 Å². The van der Waals surface area contributed by atoms with E-state index in [1.54, 1.807) is 12.1 Å². The van der Waals surface area contributed by atoms with E-state index in [0.717, 1.165) is 25.7 Å². The second kappa shape index (κ2) is 6.43. The predicted octanol–water partition coefficient (Wildman–Crippen LogP) is 2.04. The van der Waals surface area contributed by atoms with Crippen LogP contribution in [0, 0.1) is 10.1 Å². The molecule has 0 radical (unpaired) electrons. The van der Waals surface area contributed by atoms with Gasteiger partial charge in [0, 0.05) is 23.2 Å². The predicted molar refractivity (Wildman–Crippen MR) is 81.5 cm³/mol. The van der Waals surface area contributed by atoms with Gasteiger partial charge in [-0.05, 0) is 12.8 Å². The van der Waals surface area contributed by atoms with Gasteiger partial charge in [0.1, 0.15) is 0 Å². The van der Waals surface area contributed by atoms with Crippen molar-refractivity contribution in [1.29, 1.82) is 0 Å². The van der Waals surface area contributed by atoms with Crippen LogP contribution in [0.5, 0.6) is 0 Å². The van der Waals surface area contributed by atoms with Crippen molar-refractivity contribution in [2.24, 2.45) is 0 Å². The van der Waals surface area contributed by atoms with Crippen LogP contribution in [0.3, 0.4) is 0 Å². The van der Waals surface area contributed by atoms with Crippen LogP contribution in [0.2, 0.25) is 0 Å². The molecule has 2 N–H and O–H groups in total. The summed E-state index contributed by atoms with van der Waals surface area (Å²) in [5.41, 5.74) is 0.254. The number of nitro groups is 1. The Kier molecular flexibility index (Phi) is 4.35. The van der Waals surface area contributed by atoms with Gasteiger partial charge in [0.15, 0.2) is 0 Å². The fourth-order valence-corrected chi connectivity index (χ4v) is 2.91. The Morgan fingerprint density at radius 1 is 1.39 bits per heavy atom. The third-order valence-corrected chi connectivity index (χ3v) is 4.26. The standard InChI is InChI=1S/C15H18N4O4/c20-10-15(6-1-2-7-15)16-9-13-17-14(18-23-13)11-4-3-5-12(8-11)19(21)22/h3-5,8,16,20H,1-2,6-7,9-10H2. The lowest BCUT2D eigenvalue weighted by Crippen LogP contribution is -2.45. The number of non-ortho nitro benzene ring substituents is 1. The van der Waals surface area contributed by atoms with E-state index in [9.17, 15) is 15.2 Å². The van der Waals surface area contributed by atoms with Gasteiger partial charge in [0.2, 0.25) is 11.7 Å². The summed E-state index contributed by atoms with van der Waals surface area (Å²) in [6, 6.07) is 6.10. The van der Waals surface area contributed by atoms with Crippen molar-refractivity contribution in [2.45, 2.75) is 37.8 Å². The normalized spacial score (nSPS) is 16.6. The minimum absolute atomic E-state index is 0.0165. The molecule has 23 heavy (non-hydrogen) atoms. The molecule has 1 saturated carbocycles. The van der Waals surface area contributed by atoms with Crippen LogP contribution in [-0.4, -0.2) is 32.3 Å². The van der Waals surface area contributed by atoms with Gasteiger partial charge in [-0.25, -0.2) is 0 Å². The number of nitrogens with zero attached hydrogens (tertiary/aromatic N) is 3. The van der Waals surface area contributed by atoms with Crippen LogP contribution in [-0.2, 0) is 6.54 Å². The zero-order chi connectivity index (χ0) is 16.3. The van der Waals surface area contributed by atoms with E-state index in [-0.39, 0.29) is 17.8 Å². The number of nitro benzene ring substituents is 1. The van der Waals surface area contributed by atoms with Gasteiger partial charge in [0.05, 0.1) is 18.1 Å². The Balaban J connectivity index is 1.71. The summed E-state index contributed by atoms with van der Waals surface area (Å²) >= 11 is 0. The van der Waals surface area contributed by atoms with E-state index < -0.39 is 4.92 Å². The highest BCUT2D eigenvalue weighted by atomic mass is 16.6. The molecule has 0 amide bonds. The van der Waals surface area contributed by atoms with Crippen molar-refractivity contribution in [2.75, 3.05) is 6.61 Å². The molecule has 1 aromatic carbocycles. The molecule has 0 saturated heterocycles. The average Bonchev–Trinajstić information content (AvgIpc) is 3.23. The van der Waals surface area contributed by atoms with E-state index in [1.807, 2.05) is 0 Å². The molecule has 1 fully saturated rings. The van der Waals surface area contributed by atoms with Crippen LogP contribution < -0.4 is 5.32 Å². The first kappa shape index (κ1) is 15.6. The third kappa shape index (κ3) is 3.38. The monoisotopic (exact) mass is 318 g/mol. The summed E-state index contributed by atoms with van der Waals surface area (Å²) < 4.78 is 5.19. The van der Waals surface area contributed by atoms with Gasteiger partial charge in [-0.3, -0.25) is 10.1 Å². The molecule has 8 heteroatoms. The van der Waals surface area contributed by atoms with Gasteiger partial charge in [-0.15, -0.1) is 0 Å². The first-order valence-corrected chi connectivity index (χ1v) is 7.55. The Labute approximate surface area is 132 Å². The summed E-state index contributed by atoms with van der Waals surface area (Å²) in [5.74, 6) is 0.709. The summed E-state index contributed by atoms with van der Waals surface area (Å²) in [6.07, 6.45) is 4.04. The third-order valence-electron chi connectivity index (χ3n) is 4.26. The lowest BCUT2D eigenvalue weighted by Gasteiger charge is -2.27. The Hall–Kier alpha value is -2.32. The SMILES string of the molecule is O=[N+]([O-])c1cccc(-c2noc(CNC3(CO)CCCC3)n2)c1. The first-order valence-electron chi connectivity index (χ1n) is 7.55. The number of benzene rings is 1. The maximum absolute atomic E-state index is 10.8. The maximum atomic E-state index is 10.8. The van der Waals surface area contributed by atoms with Crippen LogP contribution in [0.4, 0.5) is 5.69 Å². The summed E-state index contributed by atoms with van der Waals surface area (Å²) in [4.78, 5) is 14.6. The molecule has 1 aliphatic rings. The van der Waals surface area contributed by atoms with E-state index >= 15 is 0 Å². The molecule has 1 aromatic heterocycles. The quantitative estimate of drug-likeness (QED) is 0.618. The molecular formula is C15H18N4O4. The molecule has 0 atom stereocenters. The van der Waals surface area contributed by atoms with Crippen molar-refractivity contribution >= 4 is 5.69 Å². The van der Waals surface area contributed by atoms with Crippen molar-refractivity contribution in [3.63, 3.8) is 0 Å². The van der Waals surface area contributed by atoms with E-state index in [0.29, 0.717) is 23.8 Å². The second-order valence-corrected chi connectivity index (χ2v) is 5.82. The number of nitrogens with one attached hydrogen (secondary N) is 1. The van der Waals surface area contributed by atoms with Crippen molar-refractivity contribution in [1.82, 2.24) is 15.5 Å². The number of hydrogen-bond acceptors (Lipinski definition) is 7. The largest absolute Gasteiger partial charge is 0.394 e. The molecule has 0 spiro atoms. The highest BCUT2D eigenvalue weighted by Gasteiger charge is 2.32. The van der Waals surface area contributed by atoms with E-state index in [2.05, 4.69) is 15.5 Å². The van der Waals surface area contributed by atoms with Crippen molar-refractivity contribution in [3.05, 3.63) is 40.3 Å². The Morgan fingerprint density at radius 2 is 2.17 bits per heavy atom. The first-order chi connectivity index (χ1) is 11.1. The van der Waals surface area contributed by atoms with Gasteiger partial charge in [-0.1, -0.05) is 30.1 Å². The molecule has 1 aliphatic carbocycles. The Bertz CT molecular complexity index is 694. The molecule has 3 rings (SSSR count). The molecule has 8 nitrogen and oxygen atoms in total. The number of aliphatic hydroxyl groups is 1. The number of aliphatic hydroxyl groups excluding tert-OH is 1. The summed E-state index contributed by atoms with van der Waals surface area (Å²) in [5, 5.41) is 27.6. The van der Waals surface area contributed by atoms with Crippen LogP contribution in [0.1, 0.15) is 31.6 Å². The molecule has 2 aromatic rings. The van der Waals surface area contributed by atoms with Crippen LogP contribution in [0.15, 0.2) is 28.8 Å². The van der Waals surface area contributed by atoms with Crippen molar-refractivity contribution < 1.29 is 14.6 Å². The van der Waals surface area contributed by atoms with Gasteiger partial charge in [0.25, 0.3) is 5.69 Å². The second-order valence-electron chi connectivity index (χ2n) is 5.82. The van der Waals surface area contributed by atoms with Crippen LogP contribution >= 0.6 is 0 Å². The number of rotatable bonds is 6. The fraction of sp³-hybridized carbons (Fsp3) is 0.467. The molecule has 0 unspecified atom stereocenters. The highest BCUT2D eigenvalue weighted by Crippen LogP contribution is 2.29. The van der Waals surface area contributed by atoms with E-state index in [4.69, 9.17) is 4.52 Å². The van der Waals surface area contributed by atoms with Gasteiger partial charge < -0.3 is 14.9 Å². The van der Waals surface area contributed by atoms with Gasteiger partial charge >= 0.3 is 0 Å². The minimum atomic E-state index is -0.461. The fourth-order valence-electron chi connectivity index (χ4n) is 2.91. The topological polar surface area (TPSA) is 114 Å². The molecule has 0 bridgehead atoms. The van der Waals surface area contributed by atoms with Crippen molar-refractivity contribution in [3.8, 4) is 11.4 Å². The van der Waals surface area contributed by atoms with Crippen LogP contribution in [0.25, 0.3) is 11.4 Å². The Morgan fingerprint density at radius 3 is 2.87 bits per heavy atom. The molecule has 122 valence electrons.